The van der Waals surface area contributed by atoms with Crippen LogP contribution in [-0.4, -0.2) is 43.3 Å². The number of aliphatic hydroxyl groups excluding tert-OH is 1. The summed E-state index contributed by atoms with van der Waals surface area (Å²) < 4.78 is 4.35. The van der Waals surface area contributed by atoms with Crippen LogP contribution in [0.1, 0.15) is 33.1 Å². The monoisotopic (exact) mass is 274 g/mol. The van der Waals surface area contributed by atoms with Crippen LogP contribution >= 0.6 is 0 Å². The van der Waals surface area contributed by atoms with Crippen LogP contribution in [0.3, 0.4) is 0 Å². The second-order valence-electron chi connectivity index (χ2n) is 4.96. The Bertz CT molecular complexity index is 282. The number of amides is 1. The number of hydrogen-bond acceptors (Lipinski definition) is 5. The van der Waals surface area contributed by atoms with E-state index in [2.05, 4.69) is 23.9 Å². The molecule has 0 aliphatic carbocycles. The molecular weight excluding hydrogens is 248 g/mol. The zero-order valence-electron chi connectivity index (χ0n) is 12.0. The molecule has 0 aliphatic heterocycles. The minimum absolute atomic E-state index is 0.116. The molecule has 0 rings (SSSR count). The highest BCUT2D eigenvalue weighted by molar-refractivity contribution is 5.78. The van der Waals surface area contributed by atoms with Gasteiger partial charge in [0.15, 0.2) is 6.10 Å². The van der Waals surface area contributed by atoms with Crippen LogP contribution in [0, 0.1) is 11.8 Å². The minimum Gasteiger partial charge on any atom is -0.467 e. The lowest BCUT2D eigenvalue weighted by Crippen LogP contribution is -2.37. The molecule has 0 saturated carbocycles. The summed E-state index contributed by atoms with van der Waals surface area (Å²) in [5.41, 5.74) is 5.54. The van der Waals surface area contributed by atoms with E-state index < -0.39 is 12.1 Å². The molecule has 0 radical (unpaired) electrons. The summed E-state index contributed by atoms with van der Waals surface area (Å²) in [6.07, 6.45) is 0.723. The SMILES string of the molecule is COC(=O)C(O)CNC(=O)CCC(CCN)C(C)C. The van der Waals surface area contributed by atoms with E-state index in [4.69, 9.17) is 5.73 Å². The predicted octanol–water partition coefficient (Wildman–Crippen LogP) is 0.0377. The number of aliphatic hydroxyl groups is 1. The summed E-state index contributed by atoms with van der Waals surface area (Å²) in [6, 6.07) is 0. The van der Waals surface area contributed by atoms with Crippen molar-refractivity contribution in [1.82, 2.24) is 5.32 Å². The lowest BCUT2D eigenvalue weighted by atomic mass is 9.88. The van der Waals surface area contributed by atoms with Gasteiger partial charge in [-0.2, -0.15) is 0 Å². The van der Waals surface area contributed by atoms with Gasteiger partial charge in [0.05, 0.1) is 13.7 Å². The van der Waals surface area contributed by atoms with Gasteiger partial charge in [-0.1, -0.05) is 13.8 Å². The van der Waals surface area contributed by atoms with Gasteiger partial charge in [0, 0.05) is 6.42 Å². The number of carbonyl (C=O) groups excluding carboxylic acids is 2. The maximum Gasteiger partial charge on any atom is 0.336 e. The topological polar surface area (TPSA) is 102 Å². The Hall–Kier alpha value is -1.14. The van der Waals surface area contributed by atoms with E-state index >= 15 is 0 Å². The molecule has 2 unspecified atom stereocenters. The molecule has 0 fully saturated rings. The van der Waals surface area contributed by atoms with E-state index in [1.807, 2.05) is 0 Å². The highest BCUT2D eigenvalue weighted by Gasteiger charge is 2.17. The molecule has 112 valence electrons. The maximum absolute atomic E-state index is 11.6. The van der Waals surface area contributed by atoms with Crippen LogP contribution in [0.2, 0.25) is 0 Å². The van der Waals surface area contributed by atoms with Crippen molar-refractivity contribution in [1.29, 1.82) is 0 Å². The third kappa shape index (κ3) is 7.79. The van der Waals surface area contributed by atoms with Crippen LogP contribution in [0.15, 0.2) is 0 Å². The first kappa shape index (κ1) is 17.9. The van der Waals surface area contributed by atoms with Crippen molar-refractivity contribution in [2.24, 2.45) is 17.6 Å². The summed E-state index contributed by atoms with van der Waals surface area (Å²) in [6.45, 7) is 4.72. The number of ether oxygens (including phenoxy) is 1. The van der Waals surface area contributed by atoms with Gasteiger partial charge in [0.25, 0.3) is 0 Å². The Labute approximate surface area is 114 Å². The van der Waals surface area contributed by atoms with Gasteiger partial charge in [0.1, 0.15) is 0 Å². The van der Waals surface area contributed by atoms with Crippen molar-refractivity contribution in [2.45, 2.75) is 39.2 Å². The third-order valence-electron chi connectivity index (χ3n) is 3.19. The Balaban J connectivity index is 3.94. The average Bonchev–Trinajstić information content (AvgIpc) is 2.39. The molecule has 0 aromatic carbocycles. The van der Waals surface area contributed by atoms with E-state index in [-0.39, 0.29) is 12.5 Å². The van der Waals surface area contributed by atoms with Crippen molar-refractivity contribution in [2.75, 3.05) is 20.2 Å². The number of carbonyl (C=O) groups is 2. The van der Waals surface area contributed by atoms with E-state index in [1.54, 1.807) is 0 Å². The van der Waals surface area contributed by atoms with Gasteiger partial charge in [0.2, 0.25) is 5.91 Å². The third-order valence-corrected chi connectivity index (χ3v) is 3.19. The largest absolute Gasteiger partial charge is 0.467 e. The molecule has 2 atom stereocenters. The maximum atomic E-state index is 11.6. The lowest BCUT2D eigenvalue weighted by molar-refractivity contribution is -0.150. The Morgan fingerprint density at radius 1 is 1.32 bits per heavy atom. The first-order chi connectivity index (χ1) is 8.92. The average molecular weight is 274 g/mol. The van der Waals surface area contributed by atoms with Gasteiger partial charge in [-0.3, -0.25) is 4.79 Å². The van der Waals surface area contributed by atoms with Crippen LogP contribution < -0.4 is 11.1 Å². The van der Waals surface area contributed by atoms with Gasteiger partial charge >= 0.3 is 5.97 Å². The molecule has 0 heterocycles. The van der Waals surface area contributed by atoms with Gasteiger partial charge in [-0.05, 0) is 31.2 Å². The van der Waals surface area contributed by atoms with Crippen molar-refractivity contribution in [3.05, 3.63) is 0 Å². The fourth-order valence-corrected chi connectivity index (χ4v) is 1.86. The highest BCUT2D eigenvalue weighted by atomic mass is 16.5. The molecule has 0 aromatic heterocycles. The molecule has 6 heteroatoms. The number of methoxy groups -OCH3 is 1. The minimum atomic E-state index is -1.31. The van der Waals surface area contributed by atoms with Crippen molar-refractivity contribution in [3.63, 3.8) is 0 Å². The summed E-state index contributed by atoms with van der Waals surface area (Å²) in [7, 11) is 1.19. The summed E-state index contributed by atoms with van der Waals surface area (Å²) >= 11 is 0. The number of nitrogens with one attached hydrogen (secondary N) is 1. The number of rotatable bonds is 9. The lowest BCUT2D eigenvalue weighted by Gasteiger charge is -2.19. The molecule has 0 aliphatic rings. The first-order valence-electron chi connectivity index (χ1n) is 6.65. The number of nitrogens with two attached hydrogens (primary N) is 1. The van der Waals surface area contributed by atoms with Crippen molar-refractivity contribution < 1.29 is 19.4 Å². The van der Waals surface area contributed by atoms with Gasteiger partial charge < -0.3 is 20.9 Å². The molecular formula is C13H26N2O4. The van der Waals surface area contributed by atoms with Crippen LogP contribution in [0.4, 0.5) is 0 Å². The smallest absolute Gasteiger partial charge is 0.336 e. The zero-order chi connectivity index (χ0) is 14.8. The van der Waals surface area contributed by atoms with Crippen molar-refractivity contribution >= 4 is 11.9 Å². The quantitative estimate of drug-likeness (QED) is 0.515. The van der Waals surface area contributed by atoms with Crippen LogP contribution in [0.25, 0.3) is 0 Å². The number of hydrogen-bond donors (Lipinski definition) is 3. The summed E-state index contributed by atoms with van der Waals surface area (Å²) in [4.78, 5) is 22.5. The molecule has 6 nitrogen and oxygen atoms in total. The molecule has 19 heavy (non-hydrogen) atoms. The molecule has 0 saturated heterocycles. The van der Waals surface area contributed by atoms with Gasteiger partial charge in [-0.15, -0.1) is 0 Å². The molecule has 0 spiro atoms. The second kappa shape index (κ2) is 9.75. The Kier molecular flexibility index (Phi) is 9.16. The van der Waals surface area contributed by atoms with Gasteiger partial charge in [-0.25, -0.2) is 4.79 Å². The summed E-state index contributed by atoms with van der Waals surface area (Å²) in [5, 5.41) is 11.8. The highest BCUT2D eigenvalue weighted by Crippen LogP contribution is 2.20. The van der Waals surface area contributed by atoms with Crippen molar-refractivity contribution in [3.8, 4) is 0 Å². The first-order valence-corrected chi connectivity index (χ1v) is 6.65. The van der Waals surface area contributed by atoms with E-state index in [1.165, 1.54) is 7.11 Å². The normalized spacial score (nSPS) is 14.0. The van der Waals surface area contributed by atoms with E-state index in [0.29, 0.717) is 24.8 Å². The predicted molar refractivity (Wildman–Crippen MR) is 72.3 cm³/mol. The van der Waals surface area contributed by atoms with Crippen LogP contribution in [0.5, 0.6) is 0 Å². The van der Waals surface area contributed by atoms with E-state index in [0.717, 1.165) is 12.8 Å². The molecule has 0 aromatic rings. The van der Waals surface area contributed by atoms with E-state index in [9.17, 15) is 14.7 Å². The standard InChI is InChI=1S/C13H26N2O4/c1-9(2)10(6-7-14)4-5-12(17)15-8-11(16)13(18)19-3/h9-11,16H,4-8,14H2,1-3H3,(H,15,17). The zero-order valence-corrected chi connectivity index (χ0v) is 12.0. The summed E-state index contributed by atoms with van der Waals surface area (Å²) in [5.74, 6) is -0.0209. The second-order valence-corrected chi connectivity index (χ2v) is 4.96. The molecule has 1 amide bonds. The molecule has 4 N–H and O–H groups in total. The number of esters is 1. The Morgan fingerprint density at radius 3 is 2.42 bits per heavy atom. The Morgan fingerprint density at radius 2 is 1.95 bits per heavy atom. The fourth-order valence-electron chi connectivity index (χ4n) is 1.86. The molecule has 0 bridgehead atoms. The van der Waals surface area contributed by atoms with Crippen LogP contribution in [-0.2, 0) is 14.3 Å². The fraction of sp³-hybridized carbons (Fsp3) is 0.846.